The maximum Gasteiger partial charge on any atom is 0.185 e. The van der Waals surface area contributed by atoms with Crippen molar-refractivity contribution in [2.24, 2.45) is 0 Å². The van der Waals surface area contributed by atoms with E-state index >= 15 is 0 Å². The SMILES string of the molecule is C[Si](C)(C)CCOCn1nnnc1-c1ccccc1Br. The predicted molar refractivity (Wildman–Crippen MR) is 85.1 cm³/mol. The number of ether oxygens (including phenoxy) is 1. The van der Waals surface area contributed by atoms with Crippen molar-refractivity contribution in [1.29, 1.82) is 0 Å². The fourth-order valence-electron chi connectivity index (χ4n) is 1.66. The molecule has 20 heavy (non-hydrogen) atoms. The molecule has 5 nitrogen and oxygen atoms in total. The molecule has 0 N–H and O–H groups in total. The second-order valence-corrected chi connectivity index (χ2v) is 12.3. The minimum absolute atomic E-state index is 0.383. The Bertz CT molecular complexity index is 567. The molecule has 0 amide bonds. The van der Waals surface area contributed by atoms with Crippen LogP contribution in [0.1, 0.15) is 0 Å². The second-order valence-electron chi connectivity index (χ2n) is 5.83. The quantitative estimate of drug-likeness (QED) is 0.589. The highest BCUT2D eigenvalue weighted by Crippen LogP contribution is 2.25. The van der Waals surface area contributed by atoms with Crippen molar-refractivity contribution in [2.75, 3.05) is 6.61 Å². The molecule has 0 aliphatic heterocycles. The highest BCUT2D eigenvalue weighted by atomic mass is 79.9. The zero-order valence-electron chi connectivity index (χ0n) is 12.0. The average Bonchev–Trinajstić information content (AvgIpc) is 2.82. The van der Waals surface area contributed by atoms with Crippen LogP contribution < -0.4 is 0 Å². The number of aromatic nitrogens is 4. The molecule has 0 atom stereocenters. The summed E-state index contributed by atoms with van der Waals surface area (Å²) in [7, 11) is -1.06. The van der Waals surface area contributed by atoms with Crippen molar-refractivity contribution in [3.8, 4) is 11.4 Å². The van der Waals surface area contributed by atoms with Gasteiger partial charge in [-0.3, -0.25) is 0 Å². The molecule has 0 radical (unpaired) electrons. The topological polar surface area (TPSA) is 52.8 Å². The van der Waals surface area contributed by atoms with Gasteiger partial charge in [0.05, 0.1) is 0 Å². The normalized spacial score (nSPS) is 11.8. The van der Waals surface area contributed by atoms with E-state index in [1.54, 1.807) is 4.68 Å². The van der Waals surface area contributed by atoms with E-state index in [2.05, 4.69) is 51.1 Å². The molecular weight excluding hydrogens is 336 g/mol. The van der Waals surface area contributed by atoms with Crippen molar-refractivity contribution in [3.63, 3.8) is 0 Å². The first kappa shape index (κ1) is 15.3. The summed E-state index contributed by atoms with van der Waals surface area (Å²) < 4.78 is 8.35. The van der Waals surface area contributed by atoms with Gasteiger partial charge >= 0.3 is 0 Å². The summed E-state index contributed by atoms with van der Waals surface area (Å²) in [6.07, 6.45) is 0. The fraction of sp³-hybridized carbons (Fsp3) is 0.462. The lowest BCUT2D eigenvalue weighted by atomic mass is 10.2. The lowest BCUT2D eigenvalue weighted by Crippen LogP contribution is -2.22. The molecular formula is C13H19BrN4OSi. The molecule has 0 aliphatic carbocycles. The number of hydrogen-bond acceptors (Lipinski definition) is 4. The smallest absolute Gasteiger partial charge is 0.185 e. The van der Waals surface area contributed by atoms with Crippen LogP contribution in [0, 0.1) is 0 Å². The Labute approximate surface area is 128 Å². The first-order valence-corrected chi connectivity index (χ1v) is 11.1. The van der Waals surface area contributed by atoms with Crippen LogP contribution in [0.15, 0.2) is 28.7 Å². The summed E-state index contributed by atoms with van der Waals surface area (Å²) in [5, 5.41) is 11.8. The van der Waals surface area contributed by atoms with Crippen molar-refractivity contribution >= 4 is 24.0 Å². The number of hydrogen-bond donors (Lipinski definition) is 0. The molecule has 7 heteroatoms. The molecule has 0 unspecified atom stereocenters. The Hall–Kier alpha value is -1.05. The van der Waals surface area contributed by atoms with Crippen LogP contribution in [0.25, 0.3) is 11.4 Å². The molecule has 0 aliphatic rings. The summed E-state index contributed by atoms with van der Waals surface area (Å²) >= 11 is 3.52. The first-order valence-electron chi connectivity index (χ1n) is 6.56. The van der Waals surface area contributed by atoms with E-state index in [1.165, 1.54) is 0 Å². The van der Waals surface area contributed by atoms with Gasteiger partial charge in [-0.1, -0.05) is 47.7 Å². The first-order chi connectivity index (χ1) is 9.47. The van der Waals surface area contributed by atoms with Gasteiger partial charge in [-0.2, -0.15) is 4.68 Å². The molecule has 1 heterocycles. The van der Waals surface area contributed by atoms with Gasteiger partial charge in [-0.25, -0.2) is 0 Å². The van der Waals surface area contributed by atoms with Gasteiger partial charge in [0.1, 0.15) is 6.73 Å². The summed E-state index contributed by atoms with van der Waals surface area (Å²) in [5.74, 6) is 0.713. The van der Waals surface area contributed by atoms with Crippen LogP contribution in [0.5, 0.6) is 0 Å². The molecule has 2 aromatic rings. The molecule has 1 aromatic carbocycles. The fourth-order valence-corrected chi connectivity index (χ4v) is 2.88. The third-order valence-electron chi connectivity index (χ3n) is 2.86. The van der Waals surface area contributed by atoms with E-state index in [4.69, 9.17) is 4.74 Å². The number of rotatable bonds is 6. The minimum atomic E-state index is -1.06. The van der Waals surface area contributed by atoms with Gasteiger partial charge < -0.3 is 4.74 Å². The summed E-state index contributed by atoms with van der Waals surface area (Å²) in [6.45, 7) is 8.14. The number of nitrogens with zero attached hydrogens (tertiary/aromatic N) is 4. The zero-order valence-corrected chi connectivity index (χ0v) is 14.6. The predicted octanol–water partition coefficient (Wildman–Crippen LogP) is 3.41. The van der Waals surface area contributed by atoms with Gasteiger partial charge in [0.15, 0.2) is 5.82 Å². The Morgan fingerprint density at radius 1 is 1.25 bits per heavy atom. The molecule has 0 saturated heterocycles. The molecule has 0 saturated carbocycles. The Balaban J connectivity index is 2.01. The van der Waals surface area contributed by atoms with E-state index in [0.29, 0.717) is 12.6 Å². The summed E-state index contributed by atoms with van der Waals surface area (Å²) in [5.41, 5.74) is 0.964. The molecule has 0 bridgehead atoms. The number of tetrazole rings is 1. The minimum Gasteiger partial charge on any atom is -0.359 e. The molecule has 2 rings (SSSR count). The number of benzene rings is 1. The van der Waals surface area contributed by atoms with Crippen LogP contribution >= 0.6 is 15.9 Å². The van der Waals surface area contributed by atoms with Crippen LogP contribution in [0.3, 0.4) is 0 Å². The Kier molecular flexibility index (Phi) is 5.06. The van der Waals surface area contributed by atoms with Gasteiger partial charge in [0.25, 0.3) is 0 Å². The largest absolute Gasteiger partial charge is 0.359 e. The maximum atomic E-state index is 5.70. The standard InChI is InChI=1S/C13H19BrN4OSi/c1-20(2,3)9-8-19-10-18-13(15-16-17-18)11-6-4-5-7-12(11)14/h4-7H,8-10H2,1-3H3. The molecule has 108 valence electrons. The van der Waals surface area contributed by atoms with Gasteiger partial charge in [0.2, 0.25) is 0 Å². The van der Waals surface area contributed by atoms with E-state index in [0.717, 1.165) is 22.7 Å². The third kappa shape index (κ3) is 4.22. The van der Waals surface area contributed by atoms with Crippen LogP contribution in [0.4, 0.5) is 0 Å². The van der Waals surface area contributed by atoms with Crippen molar-refractivity contribution in [3.05, 3.63) is 28.7 Å². The summed E-state index contributed by atoms with van der Waals surface area (Å²) in [4.78, 5) is 0. The highest BCUT2D eigenvalue weighted by Gasteiger charge is 2.14. The molecule has 1 aromatic heterocycles. The Morgan fingerprint density at radius 2 is 2.00 bits per heavy atom. The van der Waals surface area contributed by atoms with Crippen molar-refractivity contribution in [2.45, 2.75) is 32.4 Å². The van der Waals surface area contributed by atoms with Gasteiger partial charge in [0, 0.05) is 24.7 Å². The van der Waals surface area contributed by atoms with Gasteiger partial charge in [-0.05, 0) is 28.6 Å². The number of halogens is 1. The monoisotopic (exact) mass is 354 g/mol. The van der Waals surface area contributed by atoms with E-state index in [-0.39, 0.29) is 0 Å². The van der Waals surface area contributed by atoms with E-state index in [1.807, 2.05) is 24.3 Å². The highest BCUT2D eigenvalue weighted by molar-refractivity contribution is 9.10. The van der Waals surface area contributed by atoms with E-state index < -0.39 is 8.07 Å². The van der Waals surface area contributed by atoms with Gasteiger partial charge in [-0.15, -0.1) is 5.10 Å². The second kappa shape index (κ2) is 6.60. The van der Waals surface area contributed by atoms with Crippen molar-refractivity contribution in [1.82, 2.24) is 20.2 Å². The molecule has 0 fully saturated rings. The Morgan fingerprint density at radius 3 is 2.70 bits per heavy atom. The third-order valence-corrected chi connectivity index (χ3v) is 5.25. The average molecular weight is 355 g/mol. The summed E-state index contributed by atoms with van der Waals surface area (Å²) in [6, 6.07) is 9.02. The zero-order chi connectivity index (χ0) is 14.6. The maximum absolute atomic E-state index is 5.70. The van der Waals surface area contributed by atoms with E-state index in [9.17, 15) is 0 Å². The van der Waals surface area contributed by atoms with Crippen molar-refractivity contribution < 1.29 is 4.74 Å². The lowest BCUT2D eigenvalue weighted by molar-refractivity contribution is 0.0784. The van der Waals surface area contributed by atoms with Crippen LogP contribution in [-0.2, 0) is 11.5 Å². The lowest BCUT2D eigenvalue weighted by Gasteiger charge is -2.15. The van der Waals surface area contributed by atoms with Crippen LogP contribution in [0.2, 0.25) is 25.7 Å². The van der Waals surface area contributed by atoms with Crippen LogP contribution in [-0.4, -0.2) is 34.9 Å². The molecule has 0 spiro atoms.